The second kappa shape index (κ2) is 8.86. The fourth-order valence-electron chi connectivity index (χ4n) is 1.85. The van der Waals surface area contributed by atoms with Gasteiger partial charge in [0.05, 0.1) is 37.9 Å². The average Bonchev–Trinajstić information content (AvgIpc) is 2.57. The van der Waals surface area contributed by atoms with Crippen molar-refractivity contribution < 1.29 is 28.6 Å². The highest BCUT2D eigenvalue weighted by molar-refractivity contribution is 5.99. The fraction of sp³-hybridized carbons (Fsp3) is 0.400. The van der Waals surface area contributed by atoms with Gasteiger partial charge >= 0.3 is 11.9 Å². The quantitative estimate of drug-likeness (QED) is 0.704. The van der Waals surface area contributed by atoms with Crippen molar-refractivity contribution in [3.8, 4) is 0 Å². The lowest BCUT2D eigenvalue weighted by molar-refractivity contribution is -0.118. The van der Waals surface area contributed by atoms with Gasteiger partial charge in [-0.1, -0.05) is 0 Å². The average molecular weight is 324 g/mol. The highest BCUT2D eigenvalue weighted by Crippen LogP contribution is 2.17. The first-order valence-corrected chi connectivity index (χ1v) is 6.79. The van der Waals surface area contributed by atoms with Gasteiger partial charge in [0.25, 0.3) is 0 Å². The molecule has 0 aliphatic heterocycles. The van der Waals surface area contributed by atoms with Crippen molar-refractivity contribution in [1.29, 1.82) is 0 Å². The zero-order chi connectivity index (χ0) is 17.4. The molecule has 1 aromatic rings. The van der Waals surface area contributed by atoms with E-state index in [0.29, 0.717) is 0 Å². The summed E-state index contributed by atoms with van der Waals surface area (Å²) in [5.41, 5.74) is 5.97. The minimum atomic E-state index is -0.636. The minimum Gasteiger partial charge on any atom is -0.465 e. The Kier molecular flexibility index (Phi) is 7.17. The van der Waals surface area contributed by atoms with Crippen LogP contribution in [0, 0.1) is 0 Å². The van der Waals surface area contributed by atoms with Crippen molar-refractivity contribution in [2.75, 3.05) is 33.2 Å². The number of hydrogen-bond donors (Lipinski definition) is 2. The Morgan fingerprint density at radius 3 is 1.96 bits per heavy atom. The predicted molar refractivity (Wildman–Crippen MR) is 82.2 cm³/mol. The molecule has 1 amide bonds. The zero-order valence-corrected chi connectivity index (χ0v) is 13.3. The molecular weight excluding hydrogens is 304 g/mol. The molecule has 0 saturated carbocycles. The highest BCUT2D eigenvalue weighted by Gasteiger charge is 2.16. The number of rotatable bonds is 7. The van der Waals surface area contributed by atoms with E-state index in [1.807, 2.05) is 0 Å². The van der Waals surface area contributed by atoms with Crippen LogP contribution in [0.3, 0.4) is 0 Å². The van der Waals surface area contributed by atoms with E-state index in [9.17, 15) is 14.4 Å². The molecule has 0 aromatic heterocycles. The number of carbonyl (C=O) groups excluding carboxylic acids is 3. The molecule has 3 N–H and O–H groups in total. The van der Waals surface area contributed by atoms with Gasteiger partial charge in [-0.05, 0) is 18.2 Å². The normalized spacial score (nSPS) is 11.5. The minimum absolute atomic E-state index is 0.0447. The molecule has 1 rings (SSSR count). The van der Waals surface area contributed by atoms with Crippen molar-refractivity contribution in [2.24, 2.45) is 5.73 Å². The maximum atomic E-state index is 12.0. The predicted octanol–water partition coefficient (Wildman–Crippen LogP) is 0.562. The molecule has 8 heteroatoms. The monoisotopic (exact) mass is 324 g/mol. The summed E-state index contributed by atoms with van der Waals surface area (Å²) in [6.07, 6.45) is -0.373. The first-order valence-electron chi connectivity index (χ1n) is 6.79. The van der Waals surface area contributed by atoms with E-state index in [1.165, 1.54) is 39.5 Å². The standard InChI is InChI=1S/C15H20N2O6/c1-21-12(8-16)7-13(18)17-11-5-9(14(19)22-2)4-10(6-11)15(20)23-3/h4-6,12H,7-8,16H2,1-3H3,(H,17,18). The van der Waals surface area contributed by atoms with Crippen LogP contribution < -0.4 is 11.1 Å². The second-order valence-electron chi connectivity index (χ2n) is 4.63. The summed E-state index contributed by atoms with van der Waals surface area (Å²) in [4.78, 5) is 35.3. The summed E-state index contributed by atoms with van der Waals surface area (Å²) in [6.45, 7) is 0.194. The molecule has 23 heavy (non-hydrogen) atoms. The largest absolute Gasteiger partial charge is 0.465 e. The molecule has 8 nitrogen and oxygen atoms in total. The summed E-state index contributed by atoms with van der Waals surface area (Å²) in [7, 11) is 3.89. The molecule has 0 fully saturated rings. The maximum Gasteiger partial charge on any atom is 0.337 e. The summed E-state index contributed by atoms with van der Waals surface area (Å²) < 4.78 is 14.3. The Hall–Kier alpha value is -2.45. The Morgan fingerprint density at radius 2 is 1.57 bits per heavy atom. The number of methoxy groups -OCH3 is 3. The van der Waals surface area contributed by atoms with Crippen molar-refractivity contribution in [2.45, 2.75) is 12.5 Å². The van der Waals surface area contributed by atoms with E-state index >= 15 is 0 Å². The third-order valence-corrected chi connectivity index (χ3v) is 3.07. The summed E-state index contributed by atoms with van der Waals surface area (Å²) in [6, 6.07) is 4.13. The van der Waals surface area contributed by atoms with Crippen LogP contribution in [0.25, 0.3) is 0 Å². The van der Waals surface area contributed by atoms with Crippen LogP contribution >= 0.6 is 0 Å². The van der Waals surface area contributed by atoms with E-state index < -0.39 is 18.0 Å². The number of benzene rings is 1. The van der Waals surface area contributed by atoms with Crippen molar-refractivity contribution >= 4 is 23.5 Å². The molecule has 0 heterocycles. The van der Waals surface area contributed by atoms with Crippen LogP contribution in [0.2, 0.25) is 0 Å². The first-order chi connectivity index (χ1) is 10.9. The van der Waals surface area contributed by atoms with Gasteiger partial charge in [-0.15, -0.1) is 0 Å². The smallest absolute Gasteiger partial charge is 0.337 e. The van der Waals surface area contributed by atoms with Gasteiger partial charge in [-0.25, -0.2) is 9.59 Å². The van der Waals surface area contributed by atoms with E-state index in [-0.39, 0.29) is 35.7 Å². The molecule has 1 unspecified atom stereocenters. The summed E-state index contributed by atoms with van der Waals surface area (Å²) in [5.74, 6) is -1.63. The van der Waals surface area contributed by atoms with Crippen LogP contribution in [-0.2, 0) is 19.0 Å². The van der Waals surface area contributed by atoms with Crippen LogP contribution in [0.5, 0.6) is 0 Å². The SMILES string of the molecule is COC(=O)c1cc(NC(=O)CC(CN)OC)cc(C(=O)OC)c1. The Morgan fingerprint density at radius 1 is 1.04 bits per heavy atom. The van der Waals surface area contributed by atoms with E-state index in [0.717, 1.165) is 0 Å². The lowest BCUT2D eigenvalue weighted by Gasteiger charge is -2.13. The van der Waals surface area contributed by atoms with E-state index in [2.05, 4.69) is 14.8 Å². The number of amides is 1. The van der Waals surface area contributed by atoms with Gasteiger partial charge in [0.15, 0.2) is 0 Å². The van der Waals surface area contributed by atoms with Crippen LogP contribution in [0.1, 0.15) is 27.1 Å². The van der Waals surface area contributed by atoms with Gasteiger partial charge in [0.2, 0.25) is 5.91 Å². The van der Waals surface area contributed by atoms with Crippen molar-refractivity contribution in [3.63, 3.8) is 0 Å². The summed E-state index contributed by atoms with van der Waals surface area (Å²) in [5, 5.41) is 2.59. The van der Waals surface area contributed by atoms with E-state index in [4.69, 9.17) is 10.5 Å². The number of hydrogen-bond acceptors (Lipinski definition) is 7. The first kappa shape index (κ1) is 18.6. The van der Waals surface area contributed by atoms with Gasteiger partial charge < -0.3 is 25.3 Å². The third kappa shape index (κ3) is 5.35. The van der Waals surface area contributed by atoms with Crippen molar-refractivity contribution in [1.82, 2.24) is 0 Å². The molecular formula is C15H20N2O6. The van der Waals surface area contributed by atoms with Crippen molar-refractivity contribution in [3.05, 3.63) is 29.3 Å². The zero-order valence-electron chi connectivity index (χ0n) is 13.3. The lowest BCUT2D eigenvalue weighted by atomic mass is 10.1. The third-order valence-electron chi connectivity index (χ3n) is 3.07. The van der Waals surface area contributed by atoms with Gasteiger partial charge in [0.1, 0.15) is 0 Å². The van der Waals surface area contributed by atoms with Gasteiger partial charge in [-0.2, -0.15) is 0 Å². The van der Waals surface area contributed by atoms with Crippen LogP contribution in [-0.4, -0.2) is 51.8 Å². The molecule has 126 valence electrons. The number of ether oxygens (including phenoxy) is 3. The Bertz CT molecular complexity index is 549. The molecule has 0 bridgehead atoms. The van der Waals surface area contributed by atoms with E-state index in [1.54, 1.807) is 0 Å². The topological polar surface area (TPSA) is 117 Å². The molecule has 0 aliphatic rings. The molecule has 0 aliphatic carbocycles. The number of esters is 2. The number of nitrogens with one attached hydrogen (secondary N) is 1. The second-order valence-corrected chi connectivity index (χ2v) is 4.63. The molecule has 1 aromatic carbocycles. The summed E-state index contributed by atoms with van der Waals surface area (Å²) >= 11 is 0. The fourth-order valence-corrected chi connectivity index (χ4v) is 1.85. The molecule has 0 saturated heterocycles. The van der Waals surface area contributed by atoms with Crippen LogP contribution in [0.4, 0.5) is 5.69 Å². The van der Waals surface area contributed by atoms with Gasteiger partial charge in [-0.3, -0.25) is 4.79 Å². The van der Waals surface area contributed by atoms with Gasteiger partial charge in [0, 0.05) is 19.3 Å². The molecule has 0 spiro atoms. The number of carbonyl (C=O) groups is 3. The Labute approximate surface area is 133 Å². The lowest BCUT2D eigenvalue weighted by Crippen LogP contribution is -2.28. The molecule has 0 radical (unpaired) electrons. The maximum absolute atomic E-state index is 12.0. The van der Waals surface area contributed by atoms with Crippen LogP contribution in [0.15, 0.2) is 18.2 Å². The number of nitrogens with two attached hydrogens (primary N) is 1. The molecule has 1 atom stereocenters. The number of anilines is 1. The Balaban J connectivity index is 3.02. The highest BCUT2D eigenvalue weighted by atomic mass is 16.5.